The van der Waals surface area contributed by atoms with E-state index in [9.17, 15) is 18.0 Å². The third kappa shape index (κ3) is 2.76. The summed E-state index contributed by atoms with van der Waals surface area (Å²) < 4.78 is 43.7. The highest BCUT2D eigenvalue weighted by molar-refractivity contribution is 5.87. The minimum Gasteiger partial charge on any atom is -0.464 e. The van der Waals surface area contributed by atoms with Crippen LogP contribution in [0.25, 0.3) is 0 Å². The number of nitrogens with one attached hydrogen (secondary N) is 2. The predicted molar refractivity (Wildman–Crippen MR) is 65.8 cm³/mol. The Balaban J connectivity index is 2.07. The Kier molecular flexibility index (Phi) is 3.97. The number of benzene rings is 1. The summed E-state index contributed by atoms with van der Waals surface area (Å²) in [6.07, 6.45) is 0. The molecule has 4 nitrogen and oxygen atoms in total. The Labute approximate surface area is 112 Å². The lowest BCUT2D eigenvalue weighted by atomic mass is 10.2. The molecule has 7 heteroatoms. The first-order valence-corrected chi connectivity index (χ1v) is 5.66. The molecule has 106 valence electrons. The van der Waals surface area contributed by atoms with Crippen LogP contribution in [0.3, 0.4) is 0 Å². The van der Waals surface area contributed by atoms with Gasteiger partial charge in [-0.1, -0.05) is 0 Å². The fourth-order valence-electron chi connectivity index (χ4n) is 1.63. The van der Waals surface area contributed by atoms with E-state index in [2.05, 4.69) is 15.0 Å². The molecule has 0 aliphatic heterocycles. The van der Waals surface area contributed by atoms with Crippen molar-refractivity contribution < 1.29 is 22.7 Å². The number of carbonyl (C=O) groups is 1. The minimum atomic E-state index is -1.53. The van der Waals surface area contributed by atoms with Gasteiger partial charge in [0.15, 0.2) is 17.5 Å². The summed E-state index contributed by atoms with van der Waals surface area (Å²) >= 11 is 0. The molecular formula is C13H11F3N2O2. The van der Waals surface area contributed by atoms with E-state index < -0.39 is 23.4 Å². The molecule has 0 saturated carbocycles. The van der Waals surface area contributed by atoms with Crippen LogP contribution in [0.2, 0.25) is 0 Å². The van der Waals surface area contributed by atoms with E-state index in [1.54, 1.807) is 6.07 Å². The third-order valence-electron chi connectivity index (χ3n) is 2.66. The summed E-state index contributed by atoms with van der Waals surface area (Å²) in [7, 11) is 1.25. The summed E-state index contributed by atoms with van der Waals surface area (Å²) in [6, 6.07) is 5.02. The number of esters is 1. The van der Waals surface area contributed by atoms with Crippen molar-refractivity contribution in [1.82, 2.24) is 4.98 Å². The molecule has 0 atom stereocenters. The van der Waals surface area contributed by atoms with Gasteiger partial charge in [0.2, 0.25) is 0 Å². The number of methoxy groups -OCH3 is 1. The number of rotatable bonds is 4. The topological polar surface area (TPSA) is 54.1 Å². The fourth-order valence-corrected chi connectivity index (χ4v) is 1.63. The van der Waals surface area contributed by atoms with Crippen LogP contribution in [0.4, 0.5) is 18.9 Å². The van der Waals surface area contributed by atoms with Crippen molar-refractivity contribution in [3.63, 3.8) is 0 Å². The van der Waals surface area contributed by atoms with Crippen molar-refractivity contribution in [3.05, 3.63) is 53.1 Å². The minimum absolute atomic E-state index is 0.110. The molecule has 1 aromatic carbocycles. The Morgan fingerprint density at radius 3 is 2.65 bits per heavy atom. The molecule has 0 aliphatic carbocycles. The van der Waals surface area contributed by atoms with Crippen molar-refractivity contribution in [2.75, 3.05) is 12.4 Å². The zero-order chi connectivity index (χ0) is 14.7. The lowest BCUT2D eigenvalue weighted by Crippen LogP contribution is -2.05. The second kappa shape index (κ2) is 5.68. The van der Waals surface area contributed by atoms with Crippen LogP contribution in [0, 0.1) is 17.5 Å². The molecular weight excluding hydrogens is 273 g/mol. The number of carbonyl (C=O) groups excluding carboxylic acids is 1. The highest BCUT2D eigenvalue weighted by Crippen LogP contribution is 2.20. The standard InChI is InChI=1S/C13H11F3N2O2/c1-20-13(19)10-4-2-7(18-10)6-17-9-5-3-8(14)11(15)12(9)16/h2-5,17-18H,6H2,1H3. The van der Waals surface area contributed by atoms with Gasteiger partial charge >= 0.3 is 5.97 Å². The molecule has 1 heterocycles. The van der Waals surface area contributed by atoms with Gasteiger partial charge in [0.1, 0.15) is 5.69 Å². The van der Waals surface area contributed by atoms with E-state index >= 15 is 0 Å². The van der Waals surface area contributed by atoms with Crippen LogP contribution < -0.4 is 5.32 Å². The molecule has 0 unspecified atom stereocenters. The highest BCUT2D eigenvalue weighted by atomic mass is 19.2. The maximum absolute atomic E-state index is 13.4. The van der Waals surface area contributed by atoms with Crippen molar-refractivity contribution in [2.24, 2.45) is 0 Å². The Morgan fingerprint density at radius 1 is 1.20 bits per heavy atom. The number of halogens is 3. The van der Waals surface area contributed by atoms with E-state index in [4.69, 9.17) is 0 Å². The fraction of sp³-hybridized carbons (Fsp3) is 0.154. The van der Waals surface area contributed by atoms with Crippen LogP contribution in [0.15, 0.2) is 24.3 Å². The van der Waals surface area contributed by atoms with E-state index in [0.29, 0.717) is 5.69 Å². The average molecular weight is 284 g/mol. The van der Waals surface area contributed by atoms with Gasteiger partial charge < -0.3 is 15.0 Å². The molecule has 1 aromatic heterocycles. The van der Waals surface area contributed by atoms with E-state index in [-0.39, 0.29) is 17.9 Å². The number of anilines is 1. The molecule has 20 heavy (non-hydrogen) atoms. The van der Waals surface area contributed by atoms with E-state index in [0.717, 1.165) is 12.1 Å². The van der Waals surface area contributed by atoms with Gasteiger partial charge in [-0.15, -0.1) is 0 Å². The first-order valence-electron chi connectivity index (χ1n) is 5.66. The summed E-state index contributed by atoms with van der Waals surface area (Å²) in [5.41, 5.74) is 0.641. The molecule has 0 fully saturated rings. The van der Waals surface area contributed by atoms with Gasteiger partial charge in [-0.25, -0.2) is 18.0 Å². The second-order valence-electron chi connectivity index (χ2n) is 3.97. The summed E-state index contributed by atoms with van der Waals surface area (Å²) in [5, 5.41) is 2.60. The summed E-state index contributed by atoms with van der Waals surface area (Å²) in [5.74, 6) is -4.60. The van der Waals surface area contributed by atoms with Crippen molar-refractivity contribution >= 4 is 11.7 Å². The van der Waals surface area contributed by atoms with Crippen molar-refractivity contribution in [1.29, 1.82) is 0 Å². The molecule has 0 radical (unpaired) electrons. The third-order valence-corrected chi connectivity index (χ3v) is 2.66. The van der Waals surface area contributed by atoms with Gasteiger partial charge in [-0.2, -0.15) is 0 Å². The number of hydrogen-bond acceptors (Lipinski definition) is 3. The van der Waals surface area contributed by atoms with Gasteiger partial charge in [-0.3, -0.25) is 0 Å². The number of hydrogen-bond donors (Lipinski definition) is 2. The lowest BCUT2D eigenvalue weighted by Gasteiger charge is -2.07. The van der Waals surface area contributed by atoms with Crippen LogP contribution >= 0.6 is 0 Å². The quantitative estimate of drug-likeness (QED) is 0.670. The predicted octanol–water partition coefficient (Wildman–Crippen LogP) is 2.83. The number of H-pyrrole nitrogens is 1. The Bertz CT molecular complexity index is 641. The SMILES string of the molecule is COC(=O)c1ccc(CNc2ccc(F)c(F)c2F)[nH]1. The van der Waals surface area contributed by atoms with Crippen molar-refractivity contribution in [3.8, 4) is 0 Å². The molecule has 0 aliphatic rings. The van der Waals surface area contributed by atoms with Crippen LogP contribution in [-0.2, 0) is 11.3 Å². The number of ether oxygens (including phenoxy) is 1. The maximum Gasteiger partial charge on any atom is 0.354 e. The summed E-state index contributed by atoms with van der Waals surface area (Å²) in [4.78, 5) is 14.0. The highest BCUT2D eigenvalue weighted by Gasteiger charge is 2.13. The molecule has 2 N–H and O–H groups in total. The first kappa shape index (κ1) is 14.0. The Hall–Kier alpha value is -2.44. The average Bonchev–Trinajstić information content (AvgIpc) is 2.92. The van der Waals surface area contributed by atoms with Gasteiger partial charge in [-0.05, 0) is 24.3 Å². The first-order chi connectivity index (χ1) is 9.52. The lowest BCUT2D eigenvalue weighted by molar-refractivity contribution is 0.0594. The zero-order valence-corrected chi connectivity index (χ0v) is 10.5. The van der Waals surface area contributed by atoms with Crippen LogP contribution in [-0.4, -0.2) is 18.1 Å². The Morgan fingerprint density at radius 2 is 1.95 bits per heavy atom. The zero-order valence-electron chi connectivity index (χ0n) is 10.5. The maximum atomic E-state index is 13.4. The van der Waals surface area contributed by atoms with Gasteiger partial charge in [0.25, 0.3) is 0 Å². The normalized spacial score (nSPS) is 10.4. The van der Waals surface area contributed by atoms with Crippen molar-refractivity contribution in [2.45, 2.75) is 6.54 Å². The van der Waals surface area contributed by atoms with Crippen LogP contribution in [0.5, 0.6) is 0 Å². The monoisotopic (exact) mass is 284 g/mol. The number of aromatic nitrogens is 1. The molecule has 0 saturated heterocycles. The molecule has 2 rings (SSSR count). The summed E-state index contributed by atoms with van der Waals surface area (Å²) in [6.45, 7) is 0.110. The van der Waals surface area contributed by atoms with Crippen LogP contribution in [0.1, 0.15) is 16.2 Å². The molecule has 0 spiro atoms. The van der Waals surface area contributed by atoms with Gasteiger partial charge in [0.05, 0.1) is 19.3 Å². The second-order valence-corrected chi connectivity index (χ2v) is 3.97. The smallest absolute Gasteiger partial charge is 0.354 e. The molecule has 0 bridgehead atoms. The largest absolute Gasteiger partial charge is 0.464 e. The van der Waals surface area contributed by atoms with Gasteiger partial charge in [0, 0.05) is 5.69 Å². The van der Waals surface area contributed by atoms with E-state index in [1.807, 2.05) is 0 Å². The molecule has 0 amide bonds. The number of aromatic amines is 1. The molecule has 2 aromatic rings. The van der Waals surface area contributed by atoms with E-state index in [1.165, 1.54) is 13.2 Å².